The molecule has 1 fully saturated rings. The van der Waals surface area contributed by atoms with Crippen LogP contribution in [0, 0.1) is 11.7 Å². The Morgan fingerprint density at radius 1 is 1.22 bits per heavy atom. The van der Waals surface area contributed by atoms with E-state index in [1.165, 1.54) is 26.0 Å². The topological polar surface area (TPSA) is 32.8 Å². The molecule has 0 atom stereocenters. The Morgan fingerprint density at radius 2 is 1.89 bits per heavy atom. The van der Waals surface area contributed by atoms with E-state index >= 15 is 0 Å². The second kappa shape index (κ2) is 11.3. The van der Waals surface area contributed by atoms with Crippen LogP contribution in [0.4, 0.5) is 4.39 Å². The Morgan fingerprint density at radius 3 is 2.44 bits per heavy atom. The average Bonchev–Trinajstić information content (AvgIpc) is 2.61. The lowest BCUT2D eigenvalue weighted by molar-refractivity contribution is -0.129. The third-order valence-electron chi connectivity index (χ3n) is 5.09. The van der Waals surface area contributed by atoms with Gasteiger partial charge in [-0.05, 0) is 69.5 Å². The van der Waals surface area contributed by atoms with Crippen molar-refractivity contribution in [3.8, 4) is 5.75 Å². The zero-order valence-corrected chi connectivity index (χ0v) is 17.6. The summed E-state index contributed by atoms with van der Waals surface area (Å²) in [7, 11) is 5.47. The first kappa shape index (κ1) is 23.4. The first-order chi connectivity index (χ1) is 12.4. The van der Waals surface area contributed by atoms with Gasteiger partial charge in [0.05, 0.1) is 7.11 Å². The fourth-order valence-electron chi connectivity index (χ4n) is 3.38. The third-order valence-corrected chi connectivity index (χ3v) is 5.09. The molecule has 27 heavy (non-hydrogen) atoms. The van der Waals surface area contributed by atoms with E-state index < -0.39 is 5.82 Å². The van der Waals surface area contributed by atoms with Crippen LogP contribution in [0.2, 0.25) is 0 Å². The van der Waals surface area contributed by atoms with E-state index in [0.717, 1.165) is 25.3 Å². The van der Waals surface area contributed by atoms with Gasteiger partial charge in [0.1, 0.15) is 0 Å². The molecule has 0 aromatic heterocycles. The van der Waals surface area contributed by atoms with E-state index in [4.69, 9.17) is 4.74 Å². The number of rotatable bonds is 7. The molecule has 1 amide bonds. The van der Waals surface area contributed by atoms with Crippen molar-refractivity contribution in [2.24, 2.45) is 5.92 Å². The number of amides is 1. The molecule has 152 valence electrons. The van der Waals surface area contributed by atoms with Crippen LogP contribution in [-0.4, -0.2) is 56.0 Å². The van der Waals surface area contributed by atoms with Crippen LogP contribution in [0.25, 0.3) is 6.08 Å². The molecule has 1 aromatic rings. The van der Waals surface area contributed by atoms with Gasteiger partial charge in [-0.3, -0.25) is 4.79 Å². The Balaban J connectivity index is 0.00000364. The maximum absolute atomic E-state index is 13.8. The Bertz CT molecular complexity index is 629. The van der Waals surface area contributed by atoms with Gasteiger partial charge in [-0.2, -0.15) is 0 Å². The first-order valence-electron chi connectivity index (χ1n) is 9.37. The van der Waals surface area contributed by atoms with Gasteiger partial charge >= 0.3 is 0 Å². The zero-order valence-electron chi connectivity index (χ0n) is 16.8. The standard InChI is InChI=1S/C21H31FN2O2.ClH/c1-16-5-9-18(10-6-16)24(14-13-23(2)3)21(25)12-8-17-7-11-20(26-4)19(22)15-17;/h7-8,11-12,15-16,18H,5-6,9-10,13-14H2,1-4H3;1H/b12-8+;/t16-,18-;. The Kier molecular flexibility index (Phi) is 9.81. The lowest BCUT2D eigenvalue weighted by atomic mass is 9.86. The number of carbonyl (C=O) groups excluding carboxylic acids is 1. The molecule has 0 saturated heterocycles. The van der Waals surface area contributed by atoms with Gasteiger partial charge in [-0.25, -0.2) is 4.39 Å². The number of benzene rings is 1. The molecular formula is C21H32ClFN2O2. The highest BCUT2D eigenvalue weighted by atomic mass is 35.5. The minimum Gasteiger partial charge on any atom is -0.494 e. The maximum Gasteiger partial charge on any atom is 0.246 e. The summed E-state index contributed by atoms with van der Waals surface area (Å²) < 4.78 is 18.7. The summed E-state index contributed by atoms with van der Waals surface area (Å²) in [5.74, 6) is 0.530. The number of halogens is 2. The second-order valence-corrected chi connectivity index (χ2v) is 7.48. The van der Waals surface area contributed by atoms with Gasteiger partial charge in [0.2, 0.25) is 5.91 Å². The minimum atomic E-state index is -0.423. The molecule has 0 heterocycles. The normalized spacial score (nSPS) is 19.8. The van der Waals surface area contributed by atoms with Crippen molar-refractivity contribution in [3.05, 3.63) is 35.7 Å². The predicted octanol–water partition coefficient (Wildman–Crippen LogP) is 4.24. The van der Waals surface area contributed by atoms with Crippen LogP contribution in [0.15, 0.2) is 24.3 Å². The van der Waals surface area contributed by atoms with Crippen LogP contribution in [0.5, 0.6) is 5.75 Å². The molecule has 0 N–H and O–H groups in total. The third kappa shape index (κ3) is 7.15. The summed E-state index contributed by atoms with van der Waals surface area (Å²) >= 11 is 0. The van der Waals surface area contributed by atoms with Crippen LogP contribution in [0.1, 0.15) is 38.2 Å². The van der Waals surface area contributed by atoms with Crippen molar-refractivity contribution in [1.82, 2.24) is 9.80 Å². The number of ether oxygens (including phenoxy) is 1. The molecule has 1 aliphatic carbocycles. The molecule has 0 spiro atoms. The number of likely N-dealkylation sites (N-methyl/N-ethyl adjacent to an activating group) is 1. The van der Waals surface area contributed by atoms with Crippen molar-refractivity contribution in [3.63, 3.8) is 0 Å². The highest BCUT2D eigenvalue weighted by molar-refractivity contribution is 5.92. The van der Waals surface area contributed by atoms with E-state index in [0.29, 0.717) is 18.2 Å². The highest BCUT2D eigenvalue weighted by Gasteiger charge is 2.26. The summed E-state index contributed by atoms with van der Waals surface area (Å²) in [6, 6.07) is 5.01. The molecule has 4 nitrogen and oxygen atoms in total. The fraction of sp³-hybridized carbons (Fsp3) is 0.571. The molecule has 2 rings (SSSR count). The van der Waals surface area contributed by atoms with Gasteiger partial charge in [-0.15, -0.1) is 12.4 Å². The molecule has 1 aliphatic rings. The smallest absolute Gasteiger partial charge is 0.246 e. The van der Waals surface area contributed by atoms with Gasteiger partial charge in [-0.1, -0.05) is 13.0 Å². The molecule has 1 aromatic carbocycles. The molecular weight excluding hydrogens is 367 g/mol. The van der Waals surface area contributed by atoms with Crippen molar-refractivity contribution < 1.29 is 13.9 Å². The molecule has 0 bridgehead atoms. The second-order valence-electron chi connectivity index (χ2n) is 7.48. The van der Waals surface area contributed by atoms with Crippen LogP contribution < -0.4 is 4.74 Å². The average molecular weight is 399 g/mol. The van der Waals surface area contributed by atoms with E-state index in [9.17, 15) is 9.18 Å². The largest absolute Gasteiger partial charge is 0.494 e. The van der Waals surface area contributed by atoms with E-state index in [2.05, 4.69) is 11.8 Å². The fourth-order valence-corrected chi connectivity index (χ4v) is 3.38. The monoisotopic (exact) mass is 398 g/mol. The van der Waals surface area contributed by atoms with Crippen LogP contribution >= 0.6 is 12.4 Å². The minimum absolute atomic E-state index is 0. The Hall–Kier alpha value is -1.59. The van der Waals surface area contributed by atoms with Gasteiger partial charge in [0, 0.05) is 25.2 Å². The summed E-state index contributed by atoms with van der Waals surface area (Å²) in [5, 5.41) is 0. The molecule has 0 aliphatic heterocycles. The first-order valence-corrected chi connectivity index (χ1v) is 9.37. The number of hydrogen-bond donors (Lipinski definition) is 0. The van der Waals surface area contributed by atoms with E-state index in [1.807, 2.05) is 19.0 Å². The van der Waals surface area contributed by atoms with Crippen molar-refractivity contribution in [2.75, 3.05) is 34.3 Å². The molecule has 1 saturated carbocycles. The van der Waals surface area contributed by atoms with Gasteiger partial charge in [0.15, 0.2) is 11.6 Å². The number of methoxy groups -OCH3 is 1. The van der Waals surface area contributed by atoms with Crippen molar-refractivity contribution in [1.29, 1.82) is 0 Å². The zero-order chi connectivity index (χ0) is 19.1. The van der Waals surface area contributed by atoms with E-state index in [1.54, 1.807) is 24.3 Å². The van der Waals surface area contributed by atoms with Crippen LogP contribution in [-0.2, 0) is 4.79 Å². The highest BCUT2D eigenvalue weighted by Crippen LogP contribution is 2.27. The SMILES string of the molecule is COc1ccc(/C=C/C(=O)N(CCN(C)C)[C@H]2CC[C@H](C)CC2)cc1F.Cl. The summed E-state index contributed by atoms with van der Waals surface area (Å²) in [6.07, 6.45) is 7.71. The lowest BCUT2D eigenvalue weighted by Gasteiger charge is -2.36. The predicted molar refractivity (Wildman–Crippen MR) is 111 cm³/mol. The number of nitrogens with zero attached hydrogens (tertiary/aromatic N) is 2. The number of carbonyl (C=O) groups is 1. The van der Waals surface area contributed by atoms with Crippen molar-refractivity contribution in [2.45, 2.75) is 38.6 Å². The molecule has 0 radical (unpaired) electrons. The van der Waals surface area contributed by atoms with Crippen molar-refractivity contribution >= 4 is 24.4 Å². The molecule has 6 heteroatoms. The summed E-state index contributed by atoms with van der Waals surface area (Å²) in [4.78, 5) is 16.9. The summed E-state index contributed by atoms with van der Waals surface area (Å²) in [5.41, 5.74) is 0.654. The maximum atomic E-state index is 13.8. The Labute approximate surface area is 168 Å². The summed E-state index contributed by atoms with van der Waals surface area (Å²) in [6.45, 7) is 3.83. The van der Waals surface area contributed by atoms with Crippen LogP contribution in [0.3, 0.4) is 0 Å². The van der Waals surface area contributed by atoms with Gasteiger partial charge < -0.3 is 14.5 Å². The van der Waals surface area contributed by atoms with Gasteiger partial charge in [0.25, 0.3) is 0 Å². The van der Waals surface area contributed by atoms with E-state index in [-0.39, 0.29) is 24.1 Å². The molecule has 0 unspecified atom stereocenters. The number of hydrogen-bond acceptors (Lipinski definition) is 3. The quantitative estimate of drug-likeness (QED) is 0.644. The lowest BCUT2D eigenvalue weighted by Crippen LogP contribution is -2.44.